The molecule has 166 valence electrons. The van der Waals surface area contributed by atoms with E-state index in [9.17, 15) is 28.9 Å². The Morgan fingerprint density at radius 1 is 1.00 bits per heavy atom. The van der Waals surface area contributed by atoms with E-state index in [0.717, 1.165) is 43.9 Å². The number of benzene rings is 1. The fourth-order valence-electron chi connectivity index (χ4n) is 4.21. The summed E-state index contributed by atoms with van der Waals surface area (Å²) >= 11 is 0. The van der Waals surface area contributed by atoms with Gasteiger partial charge < -0.3 is 20.4 Å². The highest BCUT2D eigenvalue weighted by Crippen LogP contribution is 2.39. The third-order valence-corrected chi connectivity index (χ3v) is 5.72. The van der Waals surface area contributed by atoms with Crippen LogP contribution in [0.3, 0.4) is 0 Å². The molecular weight excluding hydrogens is 394 g/mol. The van der Waals surface area contributed by atoms with Crippen LogP contribution in [0, 0.1) is 35.3 Å². The minimum atomic E-state index is -1.00. The zero-order chi connectivity index (χ0) is 22.1. The minimum Gasteiger partial charge on any atom is -0.481 e. The Morgan fingerprint density at radius 3 is 2.23 bits per heavy atom. The summed E-state index contributed by atoms with van der Waals surface area (Å²) in [4.78, 5) is 10.5. The Labute approximate surface area is 175 Å². The van der Waals surface area contributed by atoms with Crippen molar-refractivity contribution in [2.75, 3.05) is 0 Å². The van der Waals surface area contributed by atoms with Crippen LogP contribution in [0.15, 0.2) is 18.2 Å². The van der Waals surface area contributed by atoms with Gasteiger partial charge >= 0.3 is 5.97 Å². The highest BCUT2D eigenvalue weighted by molar-refractivity contribution is 5.66. The second-order valence-electron chi connectivity index (χ2n) is 8.07. The van der Waals surface area contributed by atoms with E-state index >= 15 is 0 Å². The predicted octanol–water partition coefficient (Wildman–Crippen LogP) is 3.24. The fraction of sp³-hybridized carbons (Fsp3) is 0.609. The molecule has 0 aromatic heterocycles. The molecule has 0 spiro atoms. The third-order valence-electron chi connectivity index (χ3n) is 5.72. The lowest BCUT2D eigenvalue weighted by molar-refractivity contribution is -0.137. The van der Waals surface area contributed by atoms with Crippen LogP contribution < -0.4 is 0 Å². The number of carbonyl (C=O) groups is 1. The highest BCUT2D eigenvalue weighted by atomic mass is 19.1. The monoisotopic (exact) mass is 424 g/mol. The first-order chi connectivity index (χ1) is 14.3. The maximum absolute atomic E-state index is 13.2. The maximum atomic E-state index is 13.2. The second-order valence-corrected chi connectivity index (χ2v) is 8.07. The lowest BCUT2D eigenvalue weighted by Crippen LogP contribution is -2.23. The summed E-state index contributed by atoms with van der Waals surface area (Å²) in [6.45, 7) is 0. The molecule has 0 radical (unpaired) electrons. The van der Waals surface area contributed by atoms with E-state index in [1.54, 1.807) is 0 Å². The molecule has 1 fully saturated rings. The zero-order valence-electron chi connectivity index (χ0n) is 16.9. The quantitative estimate of drug-likeness (QED) is 0.342. The van der Waals surface area contributed by atoms with E-state index in [0.29, 0.717) is 19.3 Å². The maximum Gasteiger partial charge on any atom is 0.303 e. The normalized spacial score (nSPS) is 24.3. The number of carboxylic acids is 1. The number of rotatable bonds is 10. The van der Waals surface area contributed by atoms with Gasteiger partial charge in [-0.15, -0.1) is 0 Å². The van der Waals surface area contributed by atoms with Crippen molar-refractivity contribution < 1.29 is 34.0 Å². The van der Waals surface area contributed by atoms with Crippen LogP contribution in [-0.4, -0.2) is 44.7 Å². The Bertz CT molecular complexity index is 737. The molecule has 2 rings (SSSR count). The Balaban J connectivity index is 1.81. The van der Waals surface area contributed by atoms with E-state index in [2.05, 4.69) is 11.8 Å². The number of aliphatic hydroxyl groups excluding tert-OH is 3. The molecular formula is C23H30F2O5. The molecule has 0 heterocycles. The SMILES string of the molecule is O=C(O)CCCCCC[C@@H]1[C@@H](CCC(O)C#Cc2cc(F)cc(F)c2)[C@H](O)C[C@@H]1O. The van der Waals surface area contributed by atoms with Crippen LogP contribution in [0.2, 0.25) is 0 Å². The smallest absolute Gasteiger partial charge is 0.303 e. The van der Waals surface area contributed by atoms with Gasteiger partial charge in [-0.1, -0.05) is 31.1 Å². The van der Waals surface area contributed by atoms with Gasteiger partial charge in [-0.3, -0.25) is 4.79 Å². The third kappa shape index (κ3) is 8.02. The summed E-state index contributed by atoms with van der Waals surface area (Å²) in [5.41, 5.74) is 0.142. The summed E-state index contributed by atoms with van der Waals surface area (Å²) in [7, 11) is 0. The van der Waals surface area contributed by atoms with Crippen molar-refractivity contribution >= 4 is 5.97 Å². The van der Waals surface area contributed by atoms with Crippen LogP contribution in [0.4, 0.5) is 8.78 Å². The summed E-state index contributed by atoms with van der Waals surface area (Å²) in [6, 6.07) is 2.93. The summed E-state index contributed by atoms with van der Waals surface area (Å²) in [5, 5.41) is 39.3. The molecule has 5 nitrogen and oxygen atoms in total. The lowest BCUT2D eigenvalue weighted by Gasteiger charge is -2.24. The van der Waals surface area contributed by atoms with Crippen molar-refractivity contribution in [2.24, 2.45) is 11.8 Å². The standard InChI is InChI=1S/C23H30F2O5/c24-16-11-15(12-17(25)13-16)7-8-18(26)9-10-20-19(21(27)14-22(20)28)5-3-1-2-4-6-23(29)30/h11-13,18-22,26-28H,1-6,9-10,14H2,(H,29,30)/t18?,19-,20-,21+,22-/m1/s1. The number of unbranched alkanes of at least 4 members (excludes halogenated alkanes) is 3. The fourth-order valence-corrected chi connectivity index (χ4v) is 4.21. The molecule has 0 bridgehead atoms. The predicted molar refractivity (Wildman–Crippen MR) is 107 cm³/mol. The van der Waals surface area contributed by atoms with Gasteiger partial charge in [0.15, 0.2) is 0 Å². The molecule has 1 unspecified atom stereocenters. The molecule has 1 saturated carbocycles. The summed E-state index contributed by atoms with van der Waals surface area (Å²) in [6.07, 6.45) is 2.90. The van der Waals surface area contributed by atoms with Gasteiger partial charge in [0.2, 0.25) is 0 Å². The van der Waals surface area contributed by atoms with E-state index in [1.807, 2.05) is 0 Å². The molecule has 1 aromatic rings. The van der Waals surface area contributed by atoms with Crippen molar-refractivity contribution in [1.82, 2.24) is 0 Å². The largest absolute Gasteiger partial charge is 0.481 e. The van der Waals surface area contributed by atoms with Crippen LogP contribution in [0.5, 0.6) is 0 Å². The van der Waals surface area contributed by atoms with Crippen molar-refractivity contribution in [3.05, 3.63) is 35.4 Å². The lowest BCUT2D eigenvalue weighted by atomic mass is 9.85. The Morgan fingerprint density at radius 2 is 1.60 bits per heavy atom. The number of carboxylic acid groups (broad SMARTS) is 1. The number of halogens is 2. The number of aliphatic carboxylic acids is 1. The van der Waals surface area contributed by atoms with Gasteiger partial charge in [0.05, 0.1) is 12.2 Å². The molecule has 30 heavy (non-hydrogen) atoms. The van der Waals surface area contributed by atoms with Gasteiger partial charge in [-0.2, -0.15) is 0 Å². The Kier molecular flexibility index (Phi) is 9.70. The van der Waals surface area contributed by atoms with Crippen LogP contribution >= 0.6 is 0 Å². The van der Waals surface area contributed by atoms with Gasteiger partial charge in [-0.25, -0.2) is 8.78 Å². The first kappa shape index (κ1) is 24.3. The molecule has 0 saturated heterocycles. The van der Waals surface area contributed by atoms with E-state index < -0.39 is 35.9 Å². The van der Waals surface area contributed by atoms with E-state index in [-0.39, 0.29) is 30.2 Å². The molecule has 1 aromatic carbocycles. The molecule has 4 N–H and O–H groups in total. The molecule has 0 amide bonds. The van der Waals surface area contributed by atoms with Crippen molar-refractivity contribution in [2.45, 2.75) is 76.1 Å². The first-order valence-electron chi connectivity index (χ1n) is 10.5. The van der Waals surface area contributed by atoms with E-state index in [1.165, 1.54) is 0 Å². The van der Waals surface area contributed by atoms with Crippen LogP contribution in [0.25, 0.3) is 0 Å². The molecule has 7 heteroatoms. The minimum absolute atomic E-state index is 0.0723. The molecule has 1 aliphatic rings. The average Bonchev–Trinajstić information content (AvgIpc) is 2.92. The van der Waals surface area contributed by atoms with Crippen molar-refractivity contribution in [1.29, 1.82) is 0 Å². The van der Waals surface area contributed by atoms with Crippen LogP contribution in [0.1, 0.15) is 63.4 Å². The topological polar surface area (TPSA) is 98.0 Å². The number of hydrogen-bond acceptors (Lipinski definition) is 4. The first-order valence-corrected chi connectivity index (χ1v) is 10.5. The number of hydrogen-bond donors (Lipinski definition) is 4. The van der Waals surface area contributed by atoms with Crippen molar-refractivity contribution in [3.63, 3.8) is 0 Å². The molecule has 0 aliphatic heterocycles. The van der Waals surface area contributed by atoms with E-state index in [4.69, 9.17) is 5.11 Å². The van der Waals surface area contributed by atoms with Crippen LogP contribution in [-0.2, 0) is 4.79 Å². The number of aliphatic hydroxyl groups is 3. The average molecular weight is 424 g/mol. The Hall–Kier alpha value is -2.01. The van der Waals surface area contributed by atoms with Gasteiger partial charge in [-0.05, 0) is 56.1 Å². The summed E-state index contributed by atoms with van der Waals surface area (Å²) < 4.78 is 26.4. The highest BCUT2D eigenvalue weighted by Gasteiger charge is 2.40. The molecule has 1 aliphatic carbocycles. The second kappa shape index (κ2) is 12.0. The van der Waals surface area contributed by atoms with Crippen molar-refractivity contribution in [3.8, 4) is 11.8 Å². The zero-order valence-corrected chi connectivity index (χ0v) is 16.9. The molecule has 5 atom stereocenters. The van der Waals surface area contributed by atoms with Gasteiger partial charge in [0.25, 0.3) is 0 Å². The summed E-state index contributed by atoms with van der Waals surface area (Å²) in [5.74, 6) is 2.65. The van der Waals surface area contributed by atoms with Gasteiger partial charge in [0.1, 0.15) is 17.7 Å². The van der Waals surface area contributed by atoms with Gasteiger partial charge in [0, 0.05) is 18.1 Å².